The Morgan fingerprint density at radius 3 is 2.50 bits per heavy atom. The second-order valence-electron chi connectivity index (χ2n) is 2.57. The maximum absolute atomic E-state index is 9.83. The third-order valence-corrected chi connectivity index (χ3v) is 1.03. The van der Waals surface area contributed by atoms with Crippen LogP contribution in [0.25, 0.3) is 0 Å². The van der Waals surface area contributed by atoms with E-state index >= 15 is 0 Å². The first-order valence-corrected chi connectivity index (χ1v) is 3.36. The standard InChI is InChI=1S/C5H10N2O5/c1-4(2)3-5(11-6-8)12-7(9)10/h4-5H,3H2,1-2H3. The van der Waals surface area contributed by atoms with Crippen molar-refractivity contribution in [3.8, 4) is 0 Å². The molecule has 0 fully saturated rings. The molecule has 0 aromatic rings. The normalized spacial score (nSPS) is 12.2. The van der Waals surface area contributed by atoms with Crippen LogP contribution in [0.4, 0.5) is 0 Å². The predicted octanol–water partition coefficient (Wildman–Crippen LogP) is 1.26. The quantitative estimate of drug-likeness (QED) is 0.264. The van der Waals surface area contributed by atoms with E-state index in [2.05, 4.69) is 15.0 Å². The zero-order valence-electron chi connectivity index (χ0n) is 6.80. The van der Waals surface area contributed by atoms with E-state index in [4.69, 9.17) is 0 Å². The highest BCUT2D eigenvalue weighted by Gasteiger charge is 2.16. The molecule has 0 bridgehead atoms. The summed E-state index contributed by atoms with van der Waals surface area (Å²) < 4.78 is 0. The number of hydrogen-bond acceptors (Lipinski definition) is 6. The Labute approximate surface area is 68.7 Å². The zero-order chi connectivity index (χ0) is 9.56. The second kappa shape index (κ2) is 5.28. The van der Waals surface area contributed by atoms with E-state index in [0.29, 0.717) is 0 Å². The van der Waals surface area contributed by atoms with Crippen molar-refractivity contribution in [1.82, 2.24) is 0 Å². The van der Waals surface area contributed by atoms with Crippen LogP contribution in [0, 0.1) is 20.9 Å². The molecule has 0 heterocycles. The lowest BCUT2D eigenvalue weighted by atomic mass is 10.1. The van der Waals surface area contributed by atoms with Gasteiger partial charge in [0.2, 0.25) is 0 Å². The Morgan fingerprint density at radius 2 is 2.17 bits per heavy atom. The minimum atomic E-state index is -1.20. The second-order valence-corrected chi connectivity index (χ2v) is 2.57. The molecule has 1 unspecified atom stereocenters. The summed E-state index contributed by atoms with van der Waals surface area (Å²) in [6.45, 7) is 3.62. The molecule has 0 aliphatic rings. The zero-order valence-corrected chi connectivity index (χ0v) is 6.80. The third-order valence-electron chi connectivity index (χ3n) is 1.03. The molecular weight excluding hydrogens is 168 g/mol. The molecule has 0 aliphatic heterocycles. The van der Waals surface area contributed by atoms with Crippen LogP contribution >= 0.6 is 0 Å². The van der Waals surface area contributed by atoms with Gasteiger partial charge in [-0.25, -0.2) is 0 Å². The van der Waals surface area contributed by atoms with Gasteiger partial charge in [0.15, 0.2) is 5.34 Å². The maximum Gasteiger partial charge on any atom is 0.298 e. The van der Waals surface area contributed by atoms with Gasteiger partial charge in [0.05, 0.1) is 0 Å². The van der Waals surface area contributed by atoms with E-state index < -0.39 is 11.4 Å². The Kier molecular flexibility index (Phi) is 4.66. The molecule has 0 amide bonds. The summed E-state index contributed by atoms with van der Waals surface area (Å²) in [7, 11) is 0. The summed E-state index contributed by atoms with van der Waals surface area (Å²) in [5.74, 6) is 0.122. The highest BCUT2D eigenvalue weighted by molar-refractivity contribution is 4.47. The molecule has 0 saturated heterocycles. The van der Waals surface area contributed by atoms with Crippen LogP contribution in [-0.4, -0.2) is 11.4 Å². The Hall–Kier alpha value is -1.40. The number of nitrogens with zero attached hydrogens (tertiary/aromatic N) is 2. The smallest absolute Gasteiger partial charge is 0.298 e. The first-order chi connectivity index (χ1) is 5.56. The summed E-state index contributed by atoms with van der Waals surface area (Å²) in [4.78, 5) is 27.5. The van der Waals surface area contributed by atoms with E-state index in [9.17, 15) is 15.0 Å². The fourth-order valence-electron chi connectivity index (χ4n) is 0.634. The minimum absolute atomic E-state index is 0.122. The summed E-state index contributed by atoms with van der Waals surface area (Å²) >= 11 is 0. The molecule has 70 valence electrons. The van der Waals surface area contributed by atoms with Crippen LogP contribution in [-0.2, 0) is 9.68 Å². The van der Waals surface area contributed by atoms with E-state index in [1.807, 2.05) is 13.8 Å². The van der Waals surface area contributed by atoms with Gasteiger partial charge in [0.1, 0.15) is 0 Å². The van der Waals surface area contributed by atoms with Crippen LogP contribution in [0.5, 0.6) is 0 Å². The van der Waals surface area contributed by atoms with Crippen molar-refractivity contribution in [2.75, 3.05) is 0 Å². The third kappa shape index (κ3) is 5.39. The molecule has 0 rings (SSSR count). The summed E-state index contributed by atoms with van der Waals surface area (Å²) in [6.07, 6.45) is -0.954. The average Bonchev–Trinajstić information content (AvgIpc) is 1.84. The molecule has 0 radical (unpaired) electrons. The van der Waals surface area contributed by atoms with Crippen LogP contribution in [0.2, 0.25) is 0 Å². The average molecular weight is 178 g/mol. The summed E-state index contributed by atoms with van der Waals surface area (Å²) in [5, 5.41) is 10.9. The van der Waals surface area contributed by atoms with Crippen LogP contribution in [0.1, 0.15) is 20.3 Å². The van der Waals surface area contributed by atoms with Gasteiger partial charge >= 0.3 is 0 Å². The molecule has 0 aliphatic carbocycles. The van der Waals surface area contributed by atoms with Crippen molar-refractivity contribution in [2.24, 2.45) is 11.3 Å². The van der Waals surface area contributed by atoms with Crippen molar-refractivity contribution in [2.45, 2.75) is 26.6 Å². The van der Waals surface area contributed by atoms with Crippen molar-refractivity contribution >= 4 is 0 Å². The van der Waals surface area contributed by atoms with Crippen molar-refractivity contribution in [1.29, 1.82) is 0 Å². The van der Waals surface area contributed by atoms with Gasteiger partial charge in [-0.15, -0.1) is 15.0 Å². The molecule has 0 aromatic heterocycles. The van der Waals surface area contributed by atoms with Gasteiger partial charge in [-0.2, -0.15) is 0 Å². The Morgan fingerprint density at radius 1 is 1.58 bits per heavy atom. The van der Waals surface area contributed by atoms with E-state index in [1.54, 1.807) is 0 Å². The highest BCUT2D eigenvalue weighted by Crippen LogP contribution is 2.09. The van der Waals surface area contributed by atoms with Crippen molar-refractivity contribution < 1.29 is 14.8 Å². The lowest BCUT2D eigenvalue weighted by molar-refractivity contribution is -0.781. The van der Waals surface area contributed by atoms with Crippen LogP contribution < -0.4 is 0 Å². The van der Waals surface area contributed by atoms with E-state index in [-0.39, 0.29) is 12.3 Å². The molecule has 0 spiro atoms. The Bertz CT molecular complexity index is 160. The molecule has 1 atom stereocenters. The monoisotopic (exact) mass is 178 g/mol. The van der Waals surface area contributed by atoms with Gasteiger partial charge < -0.3 is 4.84 Å². The summed E-state index contributed by atoms with van der Waals surface area (Å²) in [5.41, 5.74) is 0. The Balaban J connectivity index is 3.85. The van der Waals surface area contributed by atoms with Gasteiger partial charge in [0, 0.05) is 6.42 Å². The first kappa shape index (κ1) is 10.6. The van der Waals surface area contributed by atoms with Crippen LogP contribution in [0.15, 0.2) is 5.34 Å². The predicted molar refractivity (Wildman–Crippen MR) is 38.2 cm³/mol. The van der Waals surface area contributed by atoms with Crippen LogP contribution in [0.3, 0.4) is 0 Å². The van der Waals surface area contributed by atoms with Gasteiger partial charge in [-0.05, 0) is 5.92 Å². The van der Waals surface area contributed by atoms with Gasteiger partial charge in [-0.3, -0.25) is 4.84 Å². The molecule has 0 aromatic carbocycles. The number of hydrogen-bond donors (Lipinski definition) is 0. The topological polar surface area (TPSA) is 91.0 Å². The van der Waals surface area contributed by atoms with Gasteiger partial charge in [0.25, 0.3) is 11.4 Å². The molecular formula is C5H10N2O5. The maximum atomic E-state index is 9.83. The first-order valence-electron chi connectivity index (χ1n) is 3.36. The fraction of sp³-hybridized carbons (Fsp3) is 1.00. The van der Waals surface area contributed by atoms with E-state index in [1.165, 1.54) is 0 Å². The number of rotatable bonds is 6. The largest absolute Gasteiger partial charge is 0.332 e. The highest BCUT2D eigenvalue weighted by atomic mass is 17.0. The lowest BCUT2D eigenvalue weighted by Crippen LogP contribution is -2.20. The molecule has 7 heteroatoms. The lowest BCUT2D eigenvalue weighted by Gasteiger charge is -2.12. The molecule has 0 N–H and O–H groups in total. The van der Waals surface area contributed by atoms with Gasteiger partial charge in [-0.1, -0.05) is 13.8 Å². The molecule has 0 saturated carbocycles. The SMILES string of the molecule is CC(C)CC(ON=O)O[N+](=O)[O-]. The molecule has 12 heavy (non-hydrogen) atoms. The minimum Gasteiger partial charge on any atom is -0.332 e. The van der Waals surface area contributed by atoms with Crippen molar-refractivity contribution in [3.05, 3.63) is 15.0 Å². The summed E-state index contributed by atoms with van der Waals surface area (Å²) in [6, 6.07) is 0. The molecule has 7 nitrogen and oxygen atoms in total. The van der Waals surface area contributed by atoms with Crippen molar-refractivity contribution in [3.63, 3.8) is 0 Å². The van der Waals surface area contributed by atoms with E-state index in [0.717, 1.165) is 0 Å². The fourth-order valence-corrected chi connectivity index (χ4v) is 0.634.